The lowest BCUT2D eigenvalue weighted by molar-refractivity contribution is -0.384. The van der Waals surface area contributed by atoms with E-state index in [9.17, 15) is 29.2 Å². The van der Waals surface area contributed by atoms with Crippen LogP contribution < -0.4 is 11.2 Å². The molecule has 4 rings (SSSR count). The highest BCUT2D eigenvalue weighted by molar-refractivity contribution is 7.99. The van der Waals surface area contributed by atoms with Gasteiger partial charge in [0.2, 0.25) is 5.88 Å². The van der Waals surface area contributed by atoms with Crippen molar-refractivity contribution >= 4 is 29.4 Å². The molecule has 0 aliphatic rings. The van der Waals surface area contributed by atoms with Crippen molar-refractivity contribution in [3.63, 3.8) is 0 Å². The lowest BCUT2D eigenvalue weighted by Crippen LogP contribution is -2.31. The number of nitrogens with zero attached hydrogens (tertiary/aromatic N) is 3. The molecular weight excluding hydrogens is 463 g/mol. The highest BCUT2D eigenvalue weighted by atomic mass is 32.2. The van der Waals surface area contributed by atoms with E-state index in [2.05, 4.69) is 9.98 Å². The van der Waals surface area contributed by atoms with Gasteiger partial charge in [-0.2, -0.15) is 0 Å². The minimum Gasteiger partial charge on any atom is -0.493 e. The van der Waals surface area contributed by atoms with Gasteiger partial charge in [-0.1, -0.05) is 11.8 Å². The standard InChI is InChI=1S/C23H15FN4O5S/c24-14-1-5-16(6-2-14)27-22(30)20(21(29)26-23(27)31)13-25-15-3-9-18(10-4-15)34-19-11-7-17(8-12-19)28(32)33/h1-13,30H,(H,26,29,31). The first kappa shape index (κ1) is 22.7. The number of aliphatic imine (C=N–C) groups is 1. The van der Waals surface area contributed by atoms with Crippen LogP contribution in [0.25, 0.3) is 5.69 Å². The third kappa shape index (κ3) is 4.94. The maximum atomic E-state index is 13.2. The van der Waals surface area contributed by atoms with Gasteiger partial charge >= 0.3 is 5.69 Å². The fourth-order valence-electron chi connectivity index (χ4n) is 3.00. The van der Waals surface area contributed by atoms with Gasteiger partial charge in [-0.15, -0.1) is 0 Å². The van der Waals surface area contributed by atoms with Crippen molar-refractivity contribution in [3.05, 3.63) is 115 Å². The molecule has 170 valence electrons. The zero-order valence-corrected chi connectivity index (χ0v) is 18.0. The van der Waals surface area contributed by atoms with Crippen LogP contribution in [0, 0.1) is 15.9 Å². The molecule has 3 aromatic carbocycles. The number of nitro benzene ring substituents is 1. The third-order valence-corrected chi connectivity index (χ3v) is 5.68. The molecule has 2 N–H and O–H groups in total. The summed E-state index contributed by atoms with van der Waals surface area (Å²) in [5, 5.41) is 21.3. The van der Waals surface area contributed by atoms with Crippen LogP contribution in [0.5, 0.6) is 5.88 Å². The number of non-ortho nitro benzene ring substituents is 1. The maximum absolute atomic E-state index is 13.2. The molecule has 0 saturated carbocycles. The molecule has 0 amide bonds. The predicted octanol–water partition coefficient (Wildman–Crippen LogP) is 4.18. The number of halogens is 1. The number of aromatic amines is 1. The molecule has 0 aliphatic heterocycles. The molecule has 4 aromatic rings. The van der Waals surface area contributed by atoms with E-state index >= 15 is 0 Å². The molecule has 1 heterocycles. The molecule has 0 saturated heterocycles. The van der Waals surface area contributed by atoms with Gasteiger partial charge in [-0.25, -0.2) is 13.8 Å². The lowest BCUT2D eigenvalue weighted by Gasteiger charge is -2.09. The van der Waals surface area contributed by atoms with E-state index in [-0.39, 0.29) is 16.9 Å². The summed E-state index contributed by atoms with van der Waals surface area (Å²) in [6, 6.07) is 17.9. The SMILES string of the molecule is O=c1[nH]c(=O)n(-c2ccc(F)cc2)c(O)c1C=Nc1ccc(Sc2ccc([N+](=O)[O-])cc2)cc1. The Morgan fingerprint density at radius 1 is 0.971 bits per heavy atom. The highest BCUT2D eigenvalue weighted by Gasteiger charge is 2.14. The molecule has 0 atom stereocenters. The van der Waals surface area contributed by atoms with Gasteiger partial charge in [-0.05, 0) is 60.7 Å². The quantitative estimate of drug-likeness (QED) is 0.243. The molecule has 0 bridgehead atoms. The van der Waals surface area contributed by atoms with Crippen LogP contribution in [-0.4, -0.2) is 25.8 Å². The molecule has 0 fully saturated rings. The Balaban J connectivity index is 1.56. The van der Waals surface area contributed by atoms with Crippen LogP contribution in [0.3, 0.4) is 0 Å². The Kier molecular flexibility index (Phi) is 6.37. The van der Waals surface area contributed by atoms with Crippen molar-refractivity contribution in [2.75, 3.05) is 0 Å². The summed E-state index contributed by atoms with van der Waals surface area (Å²) in [7, 11) is 0. The van der Waals surface area contributed by atoms with Gasteiger partial charge in [0.1, 0.15) is 11.4 Å². The van der Waals surface area contributed by atoms with Gasteiger partial charge in [0.15, 0.2) is 0 Å². The first-order chi connectivity index (χ1) is 16.3. The van der Waals surface area contributed by atoms with E-state index in [1.807, 2.05) is 0 Å². The van der Waals surface area contributed by atoms with Crippen LogP contribution in [0.1, 0.15) is 5.56 Å². The average molecular weight is 478 g/mol. The van der Waals surface area contributed by atoms with E-state index in [4.69, 9.17) is 0 Å². The Labute approximate surface area is 195 Å². The van der Waals surface area contributed by atoms with Crippen molar-refractivity contribution in [1.29, 1.82) is 0 Å². The van der Waals surface area contributed by atoms with Crippen LogP contribution in [0.4, 0.5) is 15.8 Å². The molecule has 0 unspecified atom stereocenters. The summed E-state index contributed by atoms with van der Waals surface area (Å²) in [6.45, 7) is 0. The van der Waals surface area contributed by atoms with Gasteiger partial charge in [0.25, 0.3) is 11.2 Å². The van der Waals surface area contributed by atoms with Crippen molar-refractivity contribution in [1.82, 2.24) is 9.55 Å². The number of nitrogens with one attached hydrogen (secondary N) is 1. The predicted molar refractivity (Wildman–Crippen MR) is 125 cm³/mol. The molecule has 0 radical (unpaired) electrons. The number of aromatic hydroxyl groups is 1. The zero-order chi connectivity index (χ0) is 24.2. The lowest BCUT2D eigenvalue weighted by atomic mass is 10.2. The van der Waals surface area contributed by atoms with Gasteiger partial charge < -0.3 is 5.11 Å². The Bertz CT molecular complexity index is 1500. The van der Waals surface area contributed by atoms with Crippen molar-refractivity contribution < 1.29 is 14.4 Å². The minimum atomic E-state index is -0.876. The second-order valence-corrected chi connectivity index (χ2v) is 8.06. The normalized spacial score (nSPS) is 11.1. The molecule has 9 nitrogen and oxygen atoms in total. The Morgan fingerprint density at radius 2 is 1.56 bits per heavy atom. The van der Waals surface area contributed by atoms with Crippen LogP contribution in [-0.2, 0) is 0 Å². The van der Waals surface area contributed by atoms with Gasteiger partial charge in [-0.3, -0.25) is 24.9 Å². The van der Waals surface area contributed by atoms with E-state index < -0.39 is 27.9 Å². The van der Waals surface area contributed by atoms with E-state index in [0.717, 1.165) is 32.7 Å². The summed E-state index contributed by atoms with van der Waals surface area (Å²) in [6.07, 6.45) is 1.13. The van der Waals surface area contributed by atoms with Crippen LogP contribution in [0.15, 0.2) is 97.2 Å². The molecule has 0 aliphatic carbocycles. The van der Waals surface area contributed by atoms with Crippen molar-refractivity contribution in [3.8, 4) is 11.6 Å². The number of hydrogen-bond donors (Lipinski definition) is 2. The second-order valence-electron chi connectivity index (χ2n) is 6.91. The molecule has 1 aromatic heterocycles. The van der Waals surface area contributed by atoms with E-state index in [1.54, 1.807) is 36.4 Å². The molecular formula is C23H15FN4O5S. The second kappa shape index (κ2) is 9.55. The largest absolute Gasteiger partial charge is 0.493 e. The summed E-state index contributed by atoms with van der Waals surface area (Å²) in [5.74, 6) is -1.15. The third-order valence-electron chi connectivity index (χ3n) is 4.67. The van der Waals surface area contributed by atoms with Crippen LogP contribution >= 0.6 is 11.8 Å². The van der Waals surface area contributed by atoms with Crippen molar-refractivity contribution in [2.45, 2.75) is 9.79 Å². The van der Waals surface area contributed by atoms with Gasteiger partial charge in [0.05, 0.1) is 16.3 Å². The first-order valence-electron chi connectivity index (χ1n) is 9.72. The maximum Gasteiger partial charge on any atom is 0.335 e. The fourth-order valence-corrected chi connectivity index (χ4v) is 3.81. The average Bonchev–Trinajstić information content (AvgIpc) is 2.81. The van der Waals surface area contributed by atoms with Crippen molar-refractivity contribution in [2.24, 2.45) is 4.99 Å². The summed E-state index contributed by atoms with van der Waals surface area (Å²) >= 11 is 1.40. The smallest absolute Gasteiger partial charge is 0.335 e. The molecule has 0 spiro atoms. The topological polar surface area (TPSA) is 131 Å². The summed E-state index contributed by atoms with van der Waals surface area (Å²) < 4.78 is 14.0. The number of hydrogen-bond acceptors (Lipinski definition) is 7. The van der Waals surface area contributed by atoms with E-state index in [0.29, 0.717) is 5.69 Å². The molecule has 11 heteroatoms. The Morgan fingerprint density at radius 3 is 2.15 bits per heavy atom. The monoisotopic (exact) mass is 478 g/mol. The number of aromatic nitrogens is 2. The first-order valence-corrected chi connectivity index (χ1v) is 10.5. The fraction of sp³-hybridized carbons (Fsp3) is 0. The molecule has 34 heavy (non-hydrogen) atoms. The summed E-state index contributed by atoms with van der Waals surface area (Å²) in [4.78, 5) is 42.7. The number of nitro groups is 1. The minimum absolute atomic E-state index is 0.0121. The number of H-pyrrole nitrogens is 1. The Hall–Kier alpha value is -4.51. The number of benzene rings is 3. The zero-order valence-electron chi connectivity index (χ0n) is 17.2. The highest BCUT2D eigenvalue weighted by Crippen LogP contribution is 2.30. The van der Waals surface area contributed by atoms with Gasteiger partial charge in [0, 0.05) is 28.1 Å². The number of rotatable bonds is 6. The summed E-state index contributed by atoms with van der Waals surface area (Å²) in [5.41, 5.74) is -1.28. The van der Waals surface area contributed by atoms with Crippen LogP contribution in [0.2, 0.25) is 0 Å². The van der Waals surface area contributed by atoms with E-state index in [1.165, 1.54) is 36.0 Å².